The molecular formula is C28H29ClN4O6S. The van der Waals surface area contributed by atoms with E-state index < -0.39 is 22.5 Å². The van der Waals surface area contributed by atoms with Gasteiger partial charge >= 0.3 is 0 Å². The van der Waals surface area contributed by atoms with Gasteiger partial charge in [0, 0.05) is 36.1 Å². The van der Waals surface area contributed by atoms with Crippen LogP contribution >= 0.6 is 11.6 Å². The number of ether oxygens (including phenoxy) is 3. The molecule has 40 heavy (non-hydrogen) atoms. The molecule has 1 heterocycles. The number of anilines is 1. The van der Waals surface area contributed by atoms with Crippen molar-refractivity contribution in [1.29, 1.82) is 0 Å². The molecule has 4 rings (SSSR count). The summed E-state index contributed by atoms with van der Waals surface area (Å²) in [6.45, 7) is -0.380. The summed E-state index contributed by atoms with van der Waals surface area (Å²) in [5.41, 5.74) is 2.09. The SMILES string of the molecule is COCCN(CC(=O)Nc1nc(-c2ccc(Cl)cc2)cn1-c1ccc(OC)cc1)S(=O)(=O)c1ccc(OC)cc1. The molecular weight excluding hydrogens is 556 g/mol. The van der Waals surface area contributed by atoms with Crippen molar-refractivity contribution < 1.29 is 27.4 Å². The number of methoxy groups -OCH3 is 3. The third-order valence-corrected chi connectivity index (χ3v) is 8.12. The Hall–Kier alpha value is -3.90. The van der Waals surface area contributed by atoms with Crippen molar-refractivity contribution in [2.75, 3.05) is 46.3 Å². The summed E-state index contributed by atoms with van der Waals surface area (Å²) < 4.78 is 45.0. The molecule has 3 aromatic carbocycles. The minimum absolute atomic E-state index is 0.0266. The molecule has 0 bridgehead atoms. The van der Waals surface area contributed by atoms with Crippen LogP contribution in [0.3, 0.4) is 0 Å². The van der Waals surface area contributed by atoms with Gasteiger partial charge in [-0.3, -0.25) is 14.7 Å². The lowest BCUT2D eigenvalue weighted by Gasteiger charge is -2.21. The fourth-order valence-electron chi connectivity index (χ4n) is 3.87. The van der Waals surface area contributed by atoms with Crippen LogP contribution in [0.4, 0.5) is 5.95 Å². The predicted octanol–water partition coefficient (Wildman–Crippen LogP) is 4.49. The van der Waals surface area contributed by atoms with E-state index in [-0.39, 0.29) is 24.0 Å². The van der Waals surface area contributed by atoms with Crippen LogP contribution in [0.2, 0.25) is 5.02 Å². The largest absolute Gasteiger partial charge is 0.497 e. The molecule has 1 amide bonds. The number of hydrogen-bond acceptors (Lipinski definition) is 7. The third-order valence-electron chi connectivity index (χ3n) is 6.01. The molecule has 0 aliphatic carbocycles. The fourth-order valence-corrected chi connectivity index (χ4v) is 5.37. The van der Waals surface area contributed by atoms with Gasteiger partial charge in [-0.05, 0) is 60.7 Å². The summed E-state index contributed by atoms with van der Waals surface area (Å²) in [5, 5.41) is 3.36. The van der Waals surface area contributed by atoms with Gasteiger partial charge in [0.05, 0.1) is 38.0 Å². The Morgan fingerprint density at radius 2 is 1.52 bits per heavy atom. The number of nitrogens with one attached hydrogen (secondary N) is 1. The Kier molecular flexibility index (Phi) is 9.43. The van der Waals surface area contributed by atoms with E-state index in [1.165, 1.54) is 26.4 Å². The highest BCUT2D eigenvalue weighted by Crippen LogP contribution is 2.27. The van der Waals surface area contributed by atoms with Gasteiger partial charge in [0.25, 0.3) is 0 Å². The first kappa shape index (κ1) is 29.1. The van der Waals surface area contributed by atoms with Crippen molar-refractivity contribution in [3.05, 3.63) is 84.0 Å². The van der Waals surface area contributed by atoms with Crippen molar-refractivity contribution in [3.63, 3.8) is 0 Å². The molecule has 0 atom stereocenters. The van der Waals surface area contributed by atoms with Crippen LogP contribution in [-0.4, -0.2) is 69.2 Å². The molecule has 12 heteroatoms. The van der Waals surface area contributed by atoms with E-state index in [1.807, 2.05) is 24.3 Å². The first-order valence-corrected chi connectivity index (χ1v) is 14.0. The number of imidazole rings is 1. The molecule has 0 saturated heterocycles. The Morgan fingerprint density at radius 1 is 0.925 bits per heavy atom. The summed E-state index contributed by atoms with van der Waals surface area (Å²) >= 11 is 6.05. The van der Waals surface area contributed by atoms with Crippen LogP contribution in [0.1, 0.15) is 0 Å². The minimum Gasteiger partial charge on any atom is -0.497 e. The Morgan fingerprint density at radius 3 is 2.10 bits per heavy atom. The van der Waals surface area contributed by atoms with Crippen LogP contribution < -0.4 is 14.8 Å². The van der Waals surface area contributed by atoms with Crippen LogP contribution in [0.25, 0.3) is 16.9 Å². The van der Waals surface area contributed by atoms with Crippen LogP contribution in [0.5, 0.6) is 11.5 Å². The number of nitrogens with zero attached hydrogens (tertiary/aromatic N) is 3. The average molecular weight is 585 g/mol. The zero-order valence-electron chi connectivity index (χ0n) is 22.2. The first-order valence-electron chi connectivity index (χ1n) is 12.2. The second-order valence-electron chi connectivity index (χ2n) is 8.58. The van der Waals surface area contributed by atoms with Crippen LogP contribution in [0, 0.1) is 0 Å². The maximum absolute atomic E-state index is 13.4. The smallest absolute Gasteiger partial charge is 0.243 e. The average Bonchev–Trinajstić information content (AvgIpc) is 3.39. The van der Waals surface area contributed by atoms with E-state index >= 15 is 0 Å². The number of benzene rings is 3. The number of hydrogen-bond donors (Lipinski definition) is 1. The second-order valence-corrected chi connectivity index (χ2v) is 11.0. The highest BCUT2D eigenvalue weighted by Gasteiger charge is 2.27. The molecule has 4 aromatic rings. The molecule has 210 valence electrons. The van der Waals surface area contributed by atoms with Crippen molar-refractivity contribution in [2.45, 2.75) is 4.90 Å². The Labute approximate surface area is 238 Å². The van der Waals surface area contributed by atoms with Crippen molar-refractivity contribution in [2.24, 2.45) is 0 Å². The lowest BCUT2D eigenvalue weighted by molar-refractivity contribution is -0.116. The number of rotatable bonds is 12. The van der Waals surface area contributed by atoms with E-state index in [4.69, 9.17) is 25.8 Å². The van der Waals surface area contributed by atoms with Gasteiger partial charge in [-0.25, -0.2) is 13.4 Å². The van der Waals surface area contributed by atoms with E-state index in [0.29, 0.717) is 27.9 Å². The Bertz CT molecular complexity index is 1540. The maximum Gasteiger partial charge on any atom is 0.243 e. The van der Waals surface area contributed by atoms with Crippen LogP contribution in [-0.2, 0) is 19.6 Å². The number of amides is 1. The maximum atomic E-state index is 13.4. The lowest BCUT2D eigenvalue weighted by Crippen LogP contribution is -2.40. The van der Waals surface area contributed by atoms with Gasteiger partial charge in [0.15, 0.2) is 0 Å². The molecule has 0 radical (unpaired) electrons. The molecule has 0 spiro atoms. The third kappa shape index (κ3) is 6.80. The molecule has 1 N–H and O–H groups in total. The number of halogens is 1. The molecule has 0 saturated carbocycles. The van der Waals surface area contributed by atoms with Gasteiger partial charge < -0.3 is 14.2 Å². The topological polar surface area (TPSA) is 112 Å². The molecule has 0 aliphatic heterocycles. The first-order chi connectivity index (χ1) is 19.2. The van der Waals surface area contributed by atoms with Gasteiger partial charge in [0.2, 0.25) is 21.9 Å². The zero-order valence-corrected chi connectivity index (χ0v) is 23.8. The summed E-state index contributed by atoms with van der Waals surface area (Å²) in [6, 6.07) is 20.3. The summed E-state index contributed by atoms with van der Waals surface area (Å²) in [5.74, 6) is 0.830. The quantitative estimate of drug-likeness (QED) is 0.261. The number of aromatic nitrogens is 2. The van der Waals surface area contributed by atoms with E-state index in [0.717, 1.165) is 9.87 Å². The van der Waals surface area contributed by atoms with Gasteiger partial charge in [0.1, 0.15) is 11.5 Å². The highest BCUT2D eigenvalue weighted by atomic mass is 35.5. The lowest BCUT2D eigenvalue weighted by atomic mass is 10.2. The van der Waals surface area contributed by atoms with Crippen molar-refractivity contribution in [3.8, 4) is 28.4 Å². The van der Waals surface area contributed by atoms with Crippen molar-refractivity contribution in [1.82, 2.24) is 13.9 Å². The number of carbonyl (C=O) groups excluding carboxylic acids is 1. The van der Waals surface area contributed by atoms with Crippen molar-refractivity contribution >= 4 is 33.5 Å². The minimum atomic E-state index is -4.01. The summed E-state index contributed by atoms with van der Waals surface area (Å²) in [7, 11) is 0.515. The summed E-state index contributed by atoms with van der Waals surface area (Å²) in [6.07, 6.45) is 1.78. The second kappa shape index (κ2) is 13.0. The zero-order chi connectivity index (χ0) is 28.7. The molecule has 1 aromatic heterocycles. The van der Waals surface area contributed by atoms with Gasteiger partial charge in [-0.2, -0.15) is 4.31 Å². The fraction of sp³-hybridized carbons (Fsp3) is 0.214. The number of carbonyl (C=O) groups is 1. The predicted molar refractivity (Wildman–Crippen MR) is 153 cm³/mol. The van der Waals surface area contributed by atoms with Gasteiger partial charge in [-0.1, -0.05) is 23.7 Å². The molecule has 0 fully saturated rings. The van der Waals surface area contributed by atoms with E-state index in [2.05, 4.69) is 10.3 Å². The number of sulfonamides is 1. The van der Waals surface area contributed by atoms with E-state index in [1.54, 1.807) is 54.3 Å². The molecule has 0 aliphatic rings. The summed E-state index contributed by atoms with van der Waals surface area (Å²) in [4.78, 5) is 17.9. The normalized spacial score (nSPS) is 11.4. The molecule has 10 nitrogen and oxygen atoms in total. The van der Waals surface area contributed by atoms with E-state index in [9.17, 15) is 13.2 Å². The standard InChI is InChI=1S/C28H29ClN4O6S/c1-37-17-16-32(40(35,36)25-14-12-24(39-3)13-15-25)19-27(34)31-28-30-26(20-4-6-21(29)7-5-20)18-33(28)22-8-10-23(38-2)11-9-22/h4-15,18H,16-17,19H2,1-3H3,(H,30,31,34). The molecule has 0 unspecified atom stereocenters. The monoisotopic (exact) mass is 584 g/mol. The van der Waals surface area contributed by atoms with Crippen LogP contribution in [0.15, 0.2) is 83.9 Å². The Balaban J connectivity index is 1.63. The highest BCUT2D eigenvalue weighted by molar-refractivity contribution is 7.89. The van der Waals surface area contributed by atoms with Gasteiger partial charge in [-0.15, -0.1) is 0 Å².